The predicted molar refractivity (Wildman–Crippen MR) is 73.9 cm³/mol. The van der Waals surface area contributed by atoms with Gasteiger partial charge in [0.05, 0.1) is 0 Å². The van der Waals surface area contributed by atoms with Gasteiger partial charge in [-0.15, -0.1) is 0 Å². The van der Waals surface area contributed by atoms with E-state index < -0.39 is 5.91 Å². The van der Waals surface area contributed by atoms with Crippen LogP contribution in [-0.2, 0) is 0 Å². The lowest BCUT2D eigenvalue weighted by Crippen LogP contribution is -2.21. The van der Waals surface area contributed by atoms with Gasteiger partial charge in [-0.25, -0.2) is 0 Å². The van der Waals surface area contributed by atoms with Gasteiger partial charge in [0.15, 0.2) is 5.43 Å². The SMILES string of the molecule is Cc1cc(=O)c(C(=O)Nc2cccc(Br)c2)c[nH]1. The van der Waals surface area contributed by atoms with Crippen LogP contribution < -0.4 is 10.7 Å². The van der Waals surface area contributed by atoms with Gasteiger partial charge in [-0.2, -0.15) is 0 Å². The van der Waals surface area contributed by atoms with Gasteiger partial charge in [-0.1, -0.05) is 22.0 Å². The van der Waals surface area contributed by atoms with Gasteiger partial charge in [0.25, 0.3) is 5.91 Å². The quantitative estimate of drug-likeness (QED) is 0.896. The molecule has 0 atom stereocenters. The third-order valence-electron chi connectivity index (χ3n) is 2.38. The summed E-state index contributed by atoms with van der Waals surface area (Å²) in [6, 6.07) is 8.58. The van der Waals surface area contributed by atoms with Crippen LogP contribution in [0.25, 0.3) is 0 Å². The topological polar surface area (TPSA) is 62.0 Å². The van der Waals surface area contributed by atoms with E-state index in [-0.39, 0.29) is 11.0 Å². The van der Waals surface area contributed by atoms with Crippen molar-refractivity contribution in [2.24, 2.45) is 0 Å². The van der Waals surface area contributed by atoms with E-state index in [0.29, 0.717) is 5.69 Å². The van der Waals surface area contributed by atoms with Crippen molar-refractivity contribution in [1.29, 1.82) is 0 Å². The summed E-state index contributed by atoms with van der Waals surface area (Å²) in [6.45, 7) is 1.76. The molecule has 0 aliphatic heterocycles. The number of nitrogens with one attached hydrogen (secondary N) is 2. The summed E-state index contributed by atoms with van der Waals surface area (Å²) < 4.78 is 0.859. The second-order valence-electron chi connectivity index (χ2n) is 3.86. The number of halogens is 1. The number of H-pyrrole nitrogens is 1. The molecule has 0 radical (unpaired) electrons. The van der Waals surface area contributed by atoms with Crippen LogP contribution in [-0.4, -0.2) is 10.9 Å². The summed E-state index contributed by atoms with van der Waals surface area (Å²) in [7, 11) is 0. The Balaban J connectivity index is 2.25. The summed E-state index contributed by atoms with van der Waals surface area (Å²) in [4.78, 5) is 26.4. The van der Waals surface area contributed by atoms with Crippen LogP contribution in [0.1, 0.15) is 16.1 Å². The van der Waals surface area contributed by atoms with E-state index in [1.165, 1.54) is 12.3 Å². The first kappa shape index (κ1) is 12.6. The van der Waals surface area contributed by atoms with Crippen molar-refractivity contribution in [3.8, 4) is 0 Å². The Hall–Kier alpha value is -1.88. The standard InChI is InChI=1S/C13H11BrN2O2/c1-8-5-12(17)11(7-15-8)13(18)16-10-4-2-3-9(14)6-10/h2-7H,1H3,(H,15,17)(H,16,18). The first-order chi connectivity index (χ1) is 8.56. The molecule has 0 spiro atoms. The molecule has 0 aliphatic carbocycles. The van der Waals surface area contributed by atoms with Gasteiger partial charge < -0.3 is 10.3 Å². The summed E-state index contributed by atoms with van der Waals surface area (Å²) in [5.74, 6) is -0.422. The molecule has 0 unspecified atom stereocenters. The van der Waals surface area contributed by atoms with E-state index in [4.69, 9.17) is 0 Å². The maximum atomic E-state index is 11.9. The number of hydrogen-bond donors (Lipinski definition) is 2. The number of carbonyl (C=O) groups is 1. The second kappa shape index (κ2) is 5.18. The smallest absolute Gasteiger partial charge is 0.261 e. The highest BCUT2D eigenvalue weighted by molar-refractivity contribution is 9.10. The number of rotatable bonds is 2. The summed E-state index contributed by atoms with van der Waals surface area (Å²) in [6.07, 6.45) is 1.42. The van der Waals surface area contributed by atoms with Crippen LogP contribution in [0.15, 0.2) is 45.8 Å². The highest BCUT2D eigenvalue weighted by Gasteiger charge is 2.10. The van der Waals surface area contributed by atoms with Crippen molar-refractivity contribution in [3.05, 3.63) is 62.5 Å². The Kier molecular flexibility index (Phi) is 3.62. The first-order valence-corrected chi connectivity index (χ1v) is 6.12. The van der Waals surface area contributed by atoms with Crippen LogP contribution in [0, 0.1) is 6.92 Å². The molecule has 1 aromatic carbocycles. The third kappa shape index (κ3) is 2.87. The number of carbonyl (C=O) groups excluding carboxylic acids is 1. The van der Waals surface area contributed by atoms with Gasteiger partial charge in [0.1, 0.15) is 5.56 Å². The molecule has 0 bridgehead atoms. The normalized spacial score (nSPS) is 10.1. The fourth-order valence-corrected chi connectivity index (χ4v) is 1.91. The molecule has 5 heteroatoms. The molecular formula is C13H11BrN2O2. The zero-order valence-corrected chi connectivity index (χ0v) is 11.2. The zero-order valence-electron chi connectivity index (χ0n) is 9.66. The molecule has 4 nitrogen and oxygen atoms in total. The number of aromatic nitrogens is 1. The van der Waals surface area contributed by atoms with Gasteiger partial charge in [0.2, 0.25) is 0 Å². The Morgan fingerprint density at radius 1 is 1.33 bits per heavy atom. The van der Waals surface area contributed by atoms with Crippen LogP contribution in [0.4, 0.5) is 5.69 Å². The fraction of sp³-hybridized carbons (Fsp3) is 0.0769. The molecule has 1 amide bonds. The average Bonchev–Trinajstić information content (AvgIpc) is 2.28. The van der Waals surface area contributed by atoms with Crippen molar-refractivity contribution in [2.45, 2.75) is 6.92 Å². The molecule has 1 heterocycles. The fourth-order valence-electron chi connectivity index (χ4n) is 1.52. The number of amides is 1. The van der Waals surface area contributed by atoms with Crippen molar-refractivity contribution in [3.63, 3.8) is 0 Å². The van der Waals surface area contributed by atoms with E-state index in [1.807, 2.05) is 6.07 Å². The van der Waals surface area contributed by atoms with Crippen molar-refractivity contribution >= 4 is 27.5 Å². The Morgan fingerprint density at radius 2 is 2.11 bits per heavy atom. The van der Waals surface area contributed by atoms with Crippen molar-refractivity contribution in [2.75, 3.05) is 5.32 Å². The minimum absolute atomic E-state index is 0.0978. The van der Waals surface area contributed by atoms with Crippen molar-refractivity contribution in [1.82, 2.24) is 4.98 Å². The number of benzene rings is 1. The number of hydrogen-bond acceptors (Lipinski definition) is 2. The highest BCUT2D eigenvalue weighted by Crippen LogP contribution is 2.15. The molecule has 2 rings (SSSR count). The van der Waals surface area contributed by atoms with E-state index in [2.05, 4.69) is 26.2 Å². The minimum Gasteiger partial charge on any atom is -0.364 e. The number of pyridine rings is 1. The summed E-state index contributed by atoms with van der Waals surface area (Å²) in [5, 5.41) is 2.67. The van der Waals surface area contributed by atoms with Crippen LogP contribution in [0.2, 0.25) is 0 Å². The second-order valence-corrected chi connectivity index (χ2v) is 4.77. The van der Waals surface area contributed by atoms with Gasteiger partial charge in [-0.05, 0) is 25.1 Å². The highest BCUT2D eigenvalue weighted by atomic mass is 79.9. The molecular weight excluding hydrogens is 296 g/mol. The molecule has 1 aromatic heterocycles. The largest absolute Gasteiger partial charge is 0.364 e. The third-order valence-corrected chi connectivity index (χ3v) is 2.88. The lowest BCUT2D eigenvalue weighted by Gasteiger charge is -2.05. The van der Waals surface area contributed by atoms with E-state index in [0.717, 1.165) is 10.2 Å². The zero-order chi connectivity index (χ0) is 13.1. The van der Waals surface area contributed by atoms with Gasteiger partial charge >= 0.3 is 0 Å². The van der Waals surface area contributed by atoms with Gasteiger partial charge in [-0.3, -0.25) is 9.59 Å². The van der Waals surface area contributed by atoms with E-state index >= 15 is 0 Å². The lowest BCUT2D eigenvalue weighted by atomic mass is 10.2. The molecule has 0 saturated heterocycles. The van der Waals surface area contributed by atoms with Gasteiger partial charge in [0, 0.05) is 28.1 Å². The maximum absolute atomic E-state index is 11.9. The summed E-state index contributed by atoms with van der Waals surface area (Å²) >= 11 is 3.31. The van der Waals surface area contributed by atoms with Crippen LogP contribution >= 0.6 is 15.9 Å². The van der Waals surface area contributed by atoms with Crippen LogP contribution in [0.3, 0.4) is 0 Å². The molecule has 2 N–H and O–H groups in total. The first-order valence-electron chi connectivity index (χ1n) is 5.32. The summed E-state index contributed by atoms with van der Waals surface area (Å²) in [5.41, 5.74) is 1.16. The Labute approximate surface area is 112 Å². The predicted octanol–water partition coefficient (Wildman–Crippen LogP) is 2.70. The van der Waals surface area contributed by atoms with Crippen LogP contribution in [0.5, 0.6) is 0 Å². The molecule has 0 fully saturated rings. The molecule has 0 saturated carbocycles. The van der Waals surface area contributed by atoms with Crippen molar-refractivity contribution < 1.29 is 4.79 Å². The number of aromatic amines is 1. The molecule has 2 aromatic rings. The monoisotopic (exact) mass is 306 g/mol. The van der Waals surface area contributed by atoms with E-state index in [1.54, 1.807) is 25.1 Å². The Bertz CT molecular complexity index is 649. The maximum Gasteiger partial charge on any atom is 0.261 e. The number of aryl methyl sites for hydroxylation is 1. The molecule has 0 aliphatic rings. The Morgan fingerprint density at radius 3 is 2.78 bits per heavy atom. The van der Waals surface area contributed by atoms with E-state index in [9.17, 15) is 9.59 Å². The minimum atomic E-state index is -0.422. The molecule has 92 valence electrons. The number of anilines is 1. The molecule has 18 heavy (non-hydrogen) atoms. The lowest BCUT2D eigenvalue weighted by molar-refractivity contribution is 0.102. The average molecular weight is 307 g/mol.